The number of alkyl halides is 1. The van der Waals surface area contributed by atoms with Crippen LogP contribution in [0.3, 0.4) is 0 Å². The van der Waals surface area contributed by atoms with Crippen LogP contribution in [-0.4, -0.2) is 10.3 Å². The molecule has 0 aromatic rings. The molecular formula is C5H10INO. The van der Waals surface area contributed by atoms with Crippen LogP contribution in [-0.2, 0) is 4.79 Å². The van der Waals surface area contributed by atoms with Gasteiger partial charge in [-0.15, -0.1) is 0 Å². The van der Waals surface area contributed by atoms with Gasteiger partial charge in [0.05, 0.1) is 0 Å². The molecule has 48 valence electrons. The van der Waals surface area contributed by atoms with Crippen molar-refractivity contribution in [1.29, 1.82) is 0 Å². The Labute approximate surface area is 63.0 Å². The van der Waals surface area contributed by atoms with E-state index < -0.39 is 0 Å². The number of nitrogens with two attached hydrogens (primary N) is 1. The molecule has 0 aromatic carbocycles. The lowest BCUT2D eigenvalue weighted by molar-refractivity contribution is -0.118. The van der Waals surface area contributed by atoms with Crippen molar-refractivity contribution < 1.29 is 4.79 Å². The Hall–Kier alpha value is 0.200. The summed E-state index contributed by atoms with van der Waals surface area (Å²) >= 11 is 2.28. The van der Waals surface area contributed by atoms with Gasteiger partial charge in [-0.1, -0.05) is 22.6 Å². The molecule has 0 heterocycles. The first-order valence-corrected chi connectivity index (χ1v) is 4.14. The fraction of sp³-hybridized carbons (Fsp3) is 0.800. The first-order valence-electron chi connectivity index (χ1n) is 2.61. The third-order valence-electron chi connectivity index (χ3n) is 0.807. The van der Waals surface area contributed by atoms with Crippen molar-refractivity contribution in [2.75, 3.05) is 4.43 Å². The summed E-state index contributed by atoms with van der Waals surface area (Å²) < 4.78 is 1.12. The summed E-state index contributed by atoms with van der Waals surface area (Å²) in [6.07, 6.45) is 2.59. The quantitative estimate of drug-likeness (QED) is 0.435. The second-order valence-corrected chi connectivity index (χ2v) is 2.69. The SMILES string of the molecule is NC(=O)CCCCI. The second kappa shape index (κ2) is 5.34. The standard InChI is InChI=1S/C5H10INO/c6-4-2-1-3-5(7)8/h1-4H2,(H2,7,8). The van der Waals surface area contributed by atoms with Crippen LogP contribution in [0.15, 0.2) is 0 Å². The molecule has 1 amide bonds. The molecular weight excluding hydrogens is 217 g/mol. The van der Waals surface area contributed by atoms with E-state index in [4.69, 9.17) is 5.73 Å². The molecule has 0 fully saturated rings. The normalized spacial score (nSPS) is 9.12. The molecule has 3 heteroatoms. The van der Waals surface area contributed by atoms with Crippen LogP contribution in [0, 0.1) is 0 Å². The van der Waals surface area contributed by atoms with Crippen molar-refractivity contribution in [3.8, 4) is 0 Å². The van der Waals surface area contributed by atoms with Gasteiger partial charge in [-0.05, 0) is 17.3 Å². The van der Waals surface area contributed by atoms with Gasteiger partial charge in [-0.2, -0.15) is 0 Å². The molecule has 0 atom stereocenters. The summed E-state index contributed by atoms with van der Waals surface area (Å²) in [5, 5.41) is 0. The molecule has 0 rings (SSSR count). The second-order valence-electron chi connectivity index (χ2n) is 1.61. The summed E-state index contributed by atoms with van der Waals surface area (Å²) in [5.74, 6) is -0.185. The number of hydrogen-bond acceptors (Lipinski definition) is 1. The molecule has 0 saturated heterocycles. The minimum atomic E-state index is -0.185. The molecule has 0 aliphatic rings. The highest BCUT2D eigenvalue weighted by molar-refractivity contribution is 14.1. The lowest BCUT2D eigenvalue weighted by Crippen LogP contribution is -2.09. The Morgan fingerprint density at radius 2 is 2.12 bits per heavy atom. The van der Waals surface area contributed by atoms with Crippen molar-refractivity contribution in [2.24, 2.45) is 5.73 Å². The van der Waals surface area contributed by atoms with Crippen molar-refractivity contribution in [3.05, 3.63) is 0 Å². The number of carbonyl (C=O) groups excluding carboxylic acids is 1. The number of primary amides is 1. The Morgan fingerprint density at radius 3 is 2.50 bits per heavy atom. The van der Waals surface area contributed by atoms with Gasteiger partial charge in [0, 0.05) is 6.42 Å². The van der Waals surface area contributed by atoms with E-state index in [1.807, 2.05) is 0 Å². The summed E-state index contributed by atoms with van der Waals surface area (Å²) in [7, 11) is 0. The molecule has 0 aromatic heterocycles. The van der Waals surface area contributed by atoms with E-state index in [0.717, 1.165) is 17.3 Å². The fourth-order valence-electron chi connectivity index (χ4n) is 0.394. The van der Waals surface area contributed by atoms with Gasteiger partial charge in [0.15, 0.2) is 0 Å². The van der Waals surface area contributed by atoms with Crippen LogP contribution in [0.25, 0.3) is 0 Å². The maximum atomic E-state index is 10.1. The summed E-state index contributed by atoms with van der Waals surface area (Å²) in [4.78, 5) is 10.1. The summed E-state index contributed by atoms with van der Waals surface area (Å²) in [5.41, 5.74) is 4.89. The predicted octanol–water partition coefficient (Wildman–Crippen LogP) is 1.08. The van der Waals surface area contributed by atoms with Crippen molar-refractivity contribution in [3.63, 3.8) is 0 Å². The van der Waals surface area contributed by atoms with Crippen LogP contribution in [0.2, 0.25) is 0 Å². The van der Waals surface area contributed by atoms with Gasteiger partial charge in [-0.25, -0.2) is 0 Å². The average molecular weight is 227 g/mol. The first kappa shape index (κ1) is 8.20. The molecule has 0 bridgehead atoms. The number of hydrogen-bond donors (Lipinski definition) is 1. The highest BCUT2D eigenvalue weighted by Crippen LogP contribution is 1.96. The van der Waals surface area contributed by atoms with Gasteiger partial charge in [0.2, 0.25) is 5.91 Å². The number of rotatable bonds is 4. The number of amides is 1. The molecule has 0 saturated carbocycles. The van der Waals surface area contributed by atoms with Crippen LogP contribution < -0.4 is 5.73 Å². The zero-order valence-corrected chi connectivity index (χ0v) is 6.85. The van der Waals surface area contributed by atoms with Crippen LogP contribution in [0.1, 0.15) is 19.3 Å². The number of carbonyl (C=O) groups is 1. The highest BCUT2D eigenvalue weighted by Gasteiger charge is 1.90. The molecule has 8 heavy (non-hydrogen) atoms. The topological polar surface area (TPSA) is 43.1 Å². The third-order valence-corrected chi connectivity index (χ3v) is 1.57. The molecule has 0 unspecified atom stereocenters. The Balaban J connectivity index is 2.82. The van der Waals surface area contributed by atoms with E-state index in [9.17, 15) is 4.79 Å². The molecule has 0 aliphatic carbocycles. The molecule has 2 N–H and O–H groups in total. The van der Waals surface area contributed by atoms with E-state index in [1.165, 1.54) is 0 Å². The Morgan fingerprint density at radius 1 is 1.50 bits per heavy atom. The molecule has 0 aliphatic heterocycles. The number of halogens is 1. The van der Waals surface area contributed by atoms with Crippen LogP contribution >= 0.6 is 22.6 Å². The van der Waals surface area contributed by atoms with Crippen LogP contribution in [0.5, 0.6) is 0 Å². The van der Waals surface area contributed by atoms with Gasteiger partial charge >= 0.3 is 0 Å². The monoisotopic (exact) mass is 227 g/mol. The lowest BCUT2D eigenvalue weighted by Gasteiger charge is -1.90. The number of unbranched alkanes of at least 4 members (excludes halogenated alkanes) is 1. The Kier molecular flexibility index (Phi) is 5.47. The van der Waals surface area contributed by atoms with E-state index in [0.29, 0.717) is 6.42 Å². The molecule has 0 radical (unpaired) electrons. The first-order chi connectivity index (χ1) is 3.77. The van der Waals surface area contributed by atoms with Crippen molar-refractivity contribution in [2.45, 2.75) is 19.3 Å². The largest absolute Gasteiger partial charge is 0.370 e. The third kappa shape index (κ3) is 6.20. The van der Waals surface area contributed by atoms with E-state index in [2.05, 4.69) is 22.6 Å². The zero-order valence-electron chi connectivity index (χ0n) is 4.69. The van der Waals surface area contributed by atoms with Gasteiger partial charge in [0.1, 0.15) is 0 Å². The lowest BCUT2D eigenvalue weighted by atomic mass is 10.2. The maximum absolute atomic E-state index is 10.1. The highest BCUT2D eigenvalue weighted by atomic mass is 127. The zero-order chi connectivity index (χ0) is 6.41. The molecule has 0 spiro atoms. The van der Waals surface area contributed by atoms with E-state index >= 15 is 0 Å². The van der Waals surface area contributed by atoms with E-state index in [-0.39, 0.29) is 5.91 Å². The van der Waals surface area contributed by atoms with Crippen LogP contribution in [0.4, 0.5) is 0 Å². The minimum Gasteiger partial charge on any atom is -0.370 e. The minimum absolute atomic E-state index is 0.185. The predicted molar refractivity (Wildman–Crippen MR) is 41.9 cm³/mol. The van der Waals surface area contributed by atoms with E-state index in [1.54, 1.807) is 0 Å². The van der Waals surface area contributed by atoms with Gasteiger partial charge in [-0.3, -0.25) is 4.79 Å². The van der Waals surface area contributed by atoms with Gasteiger partial charge < -0.3 is 5.73 Å². The summed E-state index contributed by atoms with van der Waals surface area (Å²) in [6, 6.07) is 0. The van der Waals surface area contributed by atoms with Crippen molar-refractivity contribution in [1.82, 2.24) is 0 Å². The maximum Gasteiger partial charge on any atom is 0.217 e. The van der Waals surface area contributed by atoms with Gasteiger partial charge in [0.25, 0.3) is 0 Å². The Bertz CT molecular complexity index is 74.8. The van der Waals surface area contributed by atoms with Crippen molar-refractivity contribution >= 4 is 28.5 Å². The fourth-order valence-corrected chi connectivity index (χ4v) is 0.933. The molecule has 2 nitrogen and oxygen atoms in total. The summed E-state index contributed by atoms with van der Waals surface area (Å²) in [6.45, 7) is 0. The smallest absolute Gasteiger partial charge is 0.217 e. The average Bonchev–Trinajstić information content (AvgIpc) is 1.66.